The number of amides is 1. The first-order valence-electron chi connectivity index (χ1n) is 7.33. The number of carbonyl (C=O) groups is 1. The second-order valence-electron chi connectivity index (χ2n) is 4.93. The Morgan fingerprint density at radius 1 is 1.27 bits per heavy atom. The number of benzene rings is 1. The van der Waals surface area contributed by atoms with Crippen LogP contribution >= 0.6 is 0 Å². The molecule has 0 fully saturated rings. The first kappa shape index (κ1) is 16.0. The van der Waals surface area contributed by atoms with E-state index < -0.39 is 0 Å². The summed E-state index contributed by atoms with van der Waals surface area (Å²) in [7, 11) is 3.52. The molecule has 0 unspecified atom stereocenters. The average molecular weight is 302 g/mol. The molecule has 0 atom stereocenters. The van der Waals surface area contributed by atoms with Crippen molar-refractivity contribution in [3.8, 4) is 11.4 Å². The normalized spacial score (nSPS) is 10.5. The van der Waals surface area contributed by atoms with Crippen molar-refractivity contribution in [1.29, 1.82) is 0 Å². The van der Waals surface area contributed by atoms with E-state index in [0.29, 0.717) is 13.0 Å². The molecule has 2 rings (SSSR count). The molecular weight excluding hydrogens is 280 g/mol. The third-order valence-corrected chi connectivity index (χ3v) is 3.28. The molecule has 0 aliphatic carbocycles. The fourth-order valence-corrected chi connectivity index (χ4v) is 2.04. The largest absolute Gasteiger partial charge is 0.497 e. The molecule has 22 heavy (non-hydrogen) atoms. The predicted octanol–water partition coefficient (Wildman–Crippen LogP) is 1.50. The van der Waals surface area contributed by atoms with Gasteiger partial charge in [0.05, 0.1) is 25.0 Å². The van der Waals surface area contributed by atoms with Crippen LogP contribution in [-0.2, 0) is 11.3 Å². The van der Waals surface area contributed by atoms with Crippen molar-refractivity contribution in [3.63, 3.8) is 0 Å². The van der Waals surface area contributed by atoms with E-state index in [-0.39, 0.29) is 5.91 Å². The quantitative estimate of drug-likeness (QED) is 0.725. The van der Waals surface area contributed by atoms with Crippen molar-refractivity contribution >= 4 is 5.91 Å². The van der Waals surface area contributed by atoms with Crippen LogP contribution in [0, 0.1) is 0 Å². The summed E-state index contributed by atoms with van der Waals surface area (Å²) in [5.74, 6) is 0.860. The van der Waals surface area contributed by atoms with Gasteiger partial charge in [0.2, 0.25) is 5.91 Å². The molecule has 2 aromatic rings. The standard InChI is InChI=1S/C16H22N4O2/c1-17-10-3-4-16(21)18-12-13-9-11-20(19-13)14-5-7-15(22-2)8-6-14/h5-9,11,17H,3-4,10,12H2,1-2H3,(H,18,21). The van der Waals surface area contributed by atoms with Gasteiger partial charge in [0.15, 0.2) is 0 Å². The predicted molar refractivity (Wildman–Crippen MR) is 85.1 cm³/mol. The van der Waals surface area contributed by atoms with Gasteiger partial charge in [-0.25, -0.2) is 4.68 Å². The molecule has 6 nitrogen and oxygen atoms in total. The first-order chi connectivity index (χ1) is 10.7. The lowest BCUT2D eigenvalue weighted by Crippen LogP contribution is -2.23. The van der Waals surface area contributed by atoms with E-state index in [9.17, 15) is 4.79 Å². The maximum absolute atomic E-state index is 11.7. The van der Waals surface area contributed by atoms with Crippen LogP contribution in [0.5, 0.6) is 5.75 Å². The van der Waals surface area contributed by atoms with Gasteiger partial charge in [0.25, 0.3) is 0 Å². The summed E-state index contributed by atoms with van der Waals surface area (Å²) in [6, 6.07) is 9.55. The number of aromatic nitrogens is 2. The summed E-state index contributed by atoms with van der Waals surface area (Å²) < 4.78 is 6.91. The van der Waals surface area contributed by atoms with Crippen LogP contribution in [0.15, 0.2) is 36.5 Å². The molecule has 0 saturated heterocycles. The minimum atomic E-state index is 0.0502. The molecule has 0 spiro atoms. The number of rotatable bonds is 8. The van der Waals surface area contributed by atoms with Crippen LogP contribution in [0.1, 0.15) is 18.5 Å². The van der Waals surface area contributed by atoms with Crippen LogP contribution in [0.4, 0.5) is 0 Å². The lowest BCUT2D eigenvalue weighted by atomic mass is 10.3. The van der Waals surface area contributed by atoms with Crippen LogP contribution in [0.2, 0.25) is 0 Å². The van der Waals surface area contributed by atoms with Crippen molar-refractivity contribution in [2.75, 3.05) is 20.7 Å². The number of methoxy groups -OCH3 is 1. The van der Waals surface area contributed by atoms with E-state index in [2.05, 4.69) is 15.7 Å². The summed E-state index contributed by atoms with van der Waals surface area (Å²) in [5.41, 5.74) is 1.78. The Bertz CT molecular complexity index is 592. The number of hydrogen-bond acceptors (Lipinski definition) is 4. The number of carbonyl (C=O) groups excluding carboxylic acids is 1. The second kappa shape index (κ2) is 8.19. The van der Waals surface area contributed by atoms with Crippen LogP contribution < -0.4 is 15.4 Å². The molecule has 1 heterocycles. The highest BCUT2D eigenvalue weighted by Crippen LogP contribution is 2.14. The van der Waals surface area contributed by atoms with Crippen LogP contribution in [0.25, 0.3) is 5.69 Å². The highest BCUT2D eigenvalue weighted by Gasteiger charge is 2.04. The molecule has 2 N–H and O–H groups in total. The van der Waals surface area contributed by atoms with Gasteiger partial charge in [0, 0.05) is 12.6 Å². The zero-order valence-corrected chi connectivity index (χ0v) is 13.0. The zero-order chi connectivity index (χ0) is 15.8. The van der Waals surface area contributed by atoms with E-state index in [4.69, 9.17) is 4.74 Å². The van der Waals surface area contributed by atoms with Crippen molar-refractivity contribution < 1.29 is 9.53 Å². The van der Waals surface area contributed by atoms with Crippen LogP contribution in [0.3, 0.4) is 0 Å². The van der Waals surface area contributed by atoms with Gasteiger partial charge in [-0.05, 0) is 50.3 Å². The molecule has 118 valence electrons. The summed E-state index contributed by atoms with van der Waals surface area (Å²) >= 11 is 0. The average Bonchev–Trinajstić information content (AvgIpc) is 3.02. The van der Waals surface area contributed by atoms with Gasteiger partial charge < -0.3 is 15.4 Å². The first-order valence-corrected chi connectivity index (χ1v) is 7.33. The highest BCUT2D eigenvalue weighted by atomic mass is 16.5. The molecule has 0 aliphatic heterocycles. The number of ether oxygens (including phenoxy) is 1. The molecule has 1 aromatic heterocycles. The molecule has 0 bridgehead atoms. The van der Waals surface area contributed by atoms with E-state index >= 15 is 0 Å². The fourth-order valence-electron chi connectivity index (χ4n) is 2.04. The van der Waals surface area contributed by atoms with E-state index in [1.165, 1.54) is 0 Å². The van der Waals surface area contributed by atoms with Gasteiger partial charge in [-0.1, -0.05) is 0 Å². The Balaban J connectivity index is 1.86. The number of hydrogen-bond donors (Lipinski definition) is 2. The molecule has 0 aliphatic rings. The molecular formula is C16H22N4O2. The number of nitrogens with zero attached hydrogens (tertiary/aromatic N) is 2. The Kier molecular flexibility index (Phi) is 5.97. The minimum absolute atomic E-state index is 0.0502. The van der Waals surface area contributed by atoms with Gasteiger partial charge in [-0.3, -0.25) is 4.79 Å². The lowest BCUT2D eigenvalue weighted by Gasteiger charge is -2.04. The topological polar surface area (TPSA) is 68.2 Å². The number of nitrogens with one attached hydrogen (secondary N) is 2. The molecule has 0 saturated carbocycles. The van der Waals surface area contributed by atoms with Crippen molar-refractivity contribution in [3.05, 3.63) is 42.2 Å². The zero-order valence-electron chi connectivity index (χ0n) is 13.0. The summed E-state index contributed by atoms with van der Waals surface area (Å²) in [6.45, 7) is 1.29. The van der Waals surface area contributed by atoms with Crippen molar-refractivity contribution in [2.24, 2.45) is 0 Å². The summed E-state index contributed by atoms with van der Waals surface area (Å²) in [6.07, 6.45) is 3.24. The lowest BCUT2D eigenvalue weighted by molar-refractivity contribution is -0.121. The van der Waals surface area contributed by atoms with Gasteiger partial charge >= 0.3 is 0 Å². The van der Waals surface area contributed by atoms with E-state index in [1.807, 2.05) is 43.6 Å². The van der Waals surface area contributed by atoms with Gasteiger partial charge in [-0.2, -0.15) is 5.10 Å². The highest BCUT2D eigenvalue weighted by molar-refractivity contribution is 5.75. The minimum Gasteiger partial charge on any atom is -0.497 e. The Labute approximate surface area is 130 Å². The maximum atomic E-state index is 11.7. The maximum Gasteiger partial charge on any atom is 0.220 e. The molecule has 1 aromatic carbocycles. The molecule has 1 amide bonds. The van der Waals surface area contributed by atoms with Gasteiger partial charge in [0.1, 0.15) is 5.75 Å². The monoisotopic (exact) mass is 302 g/mol. The van der Waals surface area contributed by atoms with Crippen molar-refractivity contribution in [2.45, 2.75) is 19.4 Å². The third kappa shape index (κ3) is 4.60. The molecule has 6 heteroatoms. The Morgan fingerprint density at radius 2 is 2.05 bits per heavy atom. The van der Waals surface area contributed by atoms with Crippen molar-refractivity contribution in [1.82, 2.24) is 20.4 Å². The van der Waals surface area contributed by atoms with E-state index in [0.717, 1.165) is 30.1 Å². The summed E-state index contributed by atoms with van der Waals surface area (Å²) in [4.78, 5) is 11.7. The fraction of sp³-hybridized carbons (Fsp3) is 0.375. The second-order valence-corrected chi connectivity index (χ2v) is 4.93. The van der Waals surface area contributed by atoms with Gasteiger partial charge in [-0.15, -0.1) is 0 Å². The smallest absolute Gasteiger partial charge is 0.220 e. The Morgan fingerprint density at radius 3 is 2.73 bits per heavy atom. The summed E-state index contributed by atoms with van der Waals surface area (Å²) in [5, 5.41) is 10.4. The van der Waals surface area contributed by atoms with Crippen LogP contribution in [-0.4, -0.2) is 36.4 Å². The van der Waals surface area contributed by atoms with E-state index in [1.54, 1.807) is 11.8 Å². The third-order valence-electron chi connectivity index (χ3n) is 3.28. The molecule has 0 radical (unpaired) electrons. The SMILES string of the molecule is CNCCCC(=O)NCc1ccn(-c2ccc(OC)cc2)n1. The Hall–Kier alpha value is -2.34.